The third kappa shape index (κ3) is 5.34. The molecule has 2 aromatic carbocycles. The van der Waals surface area contributed by atoms with Crippen LogP contribution in [0.4, 0.5) is 11.6 Å². The van der Waals surface area contributed by atoms with Crippen LogP contribution in [0.3, 0.4) is 0 Å². The molecule has 41 heavy (non-hydrogen) atoms. The van der Waals surface area contributed by atoms with Crippen LogP contribution in [0.15, 0.2) is 36.5 Å². The van der Waals surface area contributed by atoms with Crippen molar-refractivity contribution < 1.29 is 14.6 Å². The second kappa shape index (κ2) is 10.6. The van der Waals surface area contributed by atoms with E-state index < -0.39 is 17.7 Å². The number of carboxylic acids is 1. The van der Waals surface area contributed by atoms with Crippen molar-refractivity contribution in [2.75, 3.05) is 25.5 Å². The van der Waals surface area contributed by atoms with Crippen molar-refractivity contribution >= 4 is 28.5 Å². The molecule has 1 aliphatic rings. The molecule has 2 aromatic heterocycles. The Hall–Kier alpha value is -3.75. The fourth-order valence-electron chi connectivity index (χ4n) is 5.94. The Morgan fingerprint density at radius 1 is 1.10 bits per heavy atom. The maximum absolute atomic E-state index is 12.9. The molecule has 4 aromatic rings. The van der Waals surface area contributed by atoms with Crippen molar-refractivity contribution in [1.29, 1.82) is 0 Å². The second-order valence-electron chi connectivity index (χ2n) is 12.4. The van der Waals surface area contributed by atoms with E-state index in [2.05, 4.69) is 58.5 Å². The number of benzene rings is 2. The summed E-state index contributed by atoms with van der Waals surface area (Å²) in [4.78, 5) is 27.0. The molecule has 0 saturated heterocycles. The lowest BCUT2D eigenvalue weighted by molar-refractivity contribution is -0.160. The molecule has 1 atom stereocenters. The summed E-state index contributed by atoms with van der Waals surface area (Å²) < 4.78 is 8.64. The Kier molecular flexibility index (Phi) is 7.42. The summed E-state index contributed by atoms with van der Waals surface area (Å²) in [6.45, 7) is 16.1. The molecule has 0 saturated carbocycles. The van der Waals surface area contributed by atoms with Crippen molar-refractivity contribution in [3.05, 3.63) is 70.2 Å². The monoisotopic (exact) mass is 555 g/mol. The summed E-state index contributed by atoms with van der Waals surface area (Å²) in [5.74, 6) is -0.390. The van der Waals surface area contributed by atoms with Crippen LogP contribution in [0.1, 0.15) is 60.5 Å². The van der Waals surface area contributed by atoms with E-state index in [-0.39, 0.29) is 0 Å². The largest absolute Gasteiger partial charge is 0.479 e. The number of aliphatic carboxylic acids is 1. The molecule has 0 fully saturated rings. The van der Waals surface area contributed by atoms with Crippen LogP contribution in [0.25, 0.3) is 22.0 Å². The quantitative estimate of drug-likeness (QED) is 0.279. The molecule has 8 heteroatoms. The molecular weight excluding hydrogens is 514 g/mol. The van der Waals surface area contributed by atoms with Gasteiger partial charge in [0.15, 0.2) is 6.10 Å². The average molecular weight is 556 g/mol. The van der Waals surface area contributed by atoms with Crippen molar-refractivity contribution in [2.24, 2.45) is 0 Å². The van der Waals surface area contributed by atoms with Crippen LogP contribution in [0, 0.1) is 27.7 Å². The number of hydrogen-bond acceptors (Lipinski definition) is 6. The van der Waals surface area contributed by atoms with Crippen LogP contribution < -0.4 is 4.90 Å². The second-order valence-corrected chi connectivity index (χ2v) is 12.4. The Morgan fingerprint density at radius 2 is 1.78 bits per heavy atom. The van der Waals surface area contributed by atoms with Crippen molar-refractivity contribution in [3.8, 4) is 11.1 Å². The van der Waals surface area contributed by atoms with Gasteiger partial charge in [-0.2, -0.15) is 0 Å². The van der Waals surface area contributed by atoms with Crippen molar-refractivity contribution in [3.63, 3.8) is 0 Å². The fourth-order valence-corrected chi connectivity index (χ4v) is 5.94. The molecule has 0 spiro atoms. The fraction of sp³-hybridized carbons (Fsp3) is 0.424. The van der Waals surface area contributed by atoms with Gasteiger partial charge in [-0.1, -0.05) is 29.8 Å². The highest BCUT2D eigenvalue weighted by Crippen LogP contribution is 2.49. The van der Waals surface area contributed by atoms with Crippen molar-refractivity contribution in [1.82, 2.24) is 19.4 Å². The van der Waals surface area contributed by atoms with Gasteiger partial charge in [-0.05, 0) is 85.3 Å². The van der Waals surface area contributed by atoms with E-state index in [1.54, 1.807) is 0 Å². The minimum atomic E-state index is -1.16. The Bertz CT molecular complexity index is 1630. The van der Waals surface area contributed by atoms with E-state index in [0.717, 1.165) is 68.9 Å². The lowest BCUT2D eigenvalue weighted by Crippen LogP contribution is -2.32. The highest BCUT2D eigenvalue weighted by Gasteiger charge is 2.36. The van der Waals surface area contributed by atoms with E-state index in [1.165, 1.54) is 0 Å². The number of hydrogen-bond donors (Lipinski definition) is 1. The maximum atomic E-state index is 12.9. The summed E-state index contributed by atoms with van der Waals surface area (Å²) in [5.41, 5.74) is 9.04. The highest BCUT2D eigenvalue weighted by atomic mass is 16.5. The molecule has 0 radical (unpaired) electrons. The van der Waals surface area contributed by atoms with Crippen LogP contribution in [-0.2, 0) is 22.6 Å². The van der Waals surface area contributed by atoms with Gasteiger partial charge >= 0.3 is 5.97 Å². The van der Waals surface area contributed by atoms with Gasteiger partial charge in [0.25, 0.3) is 0 Å². The number of anilines is 2. The van der Waals surface area contributed by atoms with Gasteiger partial charge < -0.3 is 24.2 Å². The molecule has 0 unspecified atom stereocenters. The summed E-state index contributed by atoms with van der Waals surface area (Å²) in [6.07, 6.45) is 0.748. The first-order chi connectivity index (χ1) is 19.3. The summed E-state index contributed by atoms with van der Waals surface area (Å²) in [7, 11) is 4.06. The number of carbonyl (C=O) groups is 1. The predicted octanol–water partition coefficient (Wildman–Crippen LogP) is 6.49. The normalized spacial score (nSPS) is 14.2. The third-order valence-electron chi connectivity index (χ3n) is 7.74. The van der Waals surface area contributed by atoms with Gasteiger partial charge in [0.05, 0.1) is 16.8 Å². The molecule has 3 heterocycles. The summed E-state index contributed by atoms with van der Waals surface area (Å²) in [6, 6.07) is 10.5. The predicted molar refractivity (Wildman–Crippen MR) is 164 cm³/mol. The number of aryl methyl sites for hydroxylation is 3. The Morgan fingerprint density at radius 3 is 2.37 bits per heavy atom. The number of carboxylic acid groups (broad SMARTS) is 1. The molecular formula is C33H41N5O3. The van der Waals surface area contributed by atoms with E-state index in [1.807, 2.05) is 54.9 Å². The number of ether oxygens (including phenoxy) is 1. The minimum Gasteiger partial charge on any atom is -0.479 e. The average Bonchev–Trinajstić information content (AvgIpc) is 3.22. The molecule has 8 nitrogen and oxygen atoms in total. The molecule has 0 amide bonds. The van der Waals surface area contributed by atoms with Crippen LogP contribution in [0.5, 0.6) is 0 Å². The lowest BCUT2D eigenvalue weighted by atomic mass is 9.87. The van der Waals surface area contributed by atoms with Crippen LogP contribution >= 0.6 is 0 Å². The topological polar surface area (TPSA) is 83.7 Å². The van der Waals surface area contributed by atoms with E-state index in [4.69, 9.17) is 14.7 Å². The summed E-state index contributed by atoms with van der Waals surface area (Å²) in [5, 5.41) is 11.6. The number of aromatic nitrogens is 3. The summed E-state index contributed by atoms with van der Waals surface area (Å²) >= 11 is 0. The van der Waals surface area contributed by atoms with E-state index in [0.29, 0.717) is 18.1 Å². The van der Waals surface area contributed by atoms with Crippen molar-refractivity contribution in [2.45, 2.75) is 73.3 Å². The van der Waals surface area contributed by atoms with Gasteiger partial charge in [0, 0.05) is 53.7 Å². The third-order valence-corrected chi connectivity index (χ3v) is 7.74. The van der Waals surface area contributed by atoms with Gasteiger partial charge in [-0.25, -0.2) is 14.8 Å². The first-order valence-corrected chi connectivity index (χ1v) is 14.2. The van der Waals surface area contributed by atoms with Gasteiger partial charge in [0.1, 0.15) is 0 Å². The van der Waals surface area contributed by atoms with E-state index >= 15 is 0 Å². The zero-order valence-corrected chi connectivity index (χ0v) is 25.7. The van der Waals surface area contributed by atoms with E-state index in [9.17, 15) is 9.90 Å². The number of rotatable bonds is 7. The molecule has 216 valence electrons. The molecule has 1 N–H and O–H groups in total. The molecule has 5 rings (SSSR count). The Balaban J connectivity index is 1.84. The standard InChI is InChI=1S/C33H41N5O3/c1-19-10-12-23(13-11-19)27-25-16-20(2)37-14-15-38(32-34-17-24(18-36(8)9)22(4)35-32)28(29(25)37)21(3)26(27)30(31(39)40)41-33(5,6)7/h10-13,16-17,30H,14-15,18H2,1-9H3,(H,39,40)/t30-/m0/s1. The number of nitrogens with zero attached hydrogens (tertiary/aromatic N) is 5. The van der Waals surface area contributed by atoms with Crippen LogP contribution in [-0.4, -0.2) is 56.8 Å². The lowest BCUT2D eigenvalue weighted by Gasteiger charge is -2.35. The van der Waals surface area contributed by atoms with Gasteiger partial charge in [-0.3, -0.25) is 0 Å². The smallest absolute Gasteiger partial charge is 0.337 e. The van der Waals surface area contributed by atoms with Gasteiger partial charge in [-0.15, -0.1) is 0 Å². The zero-order chi connectivity index (χ0) is 29.8. The first kappa shape index (κ1) is 28.8. The highest BCUT2D eigenvalue weighted by molar-refractivity contribution is 6.08. The first-order valence-electron chi connectivity index (χ1n) is 14.2. The maximum Gasteiger partial charge on any atom is 0.337 e. The minimum absolute atomic E-state index is 0.622. The molecule has 0 bridgehead atoms. The van der Waals surface area contributed by atoms with Crippen LogP contribution in [0.2, 0.25) is 0 Å². The SMILES string of the molecule is Cc1ccc(-c2c([C@H](OC(C)(C)C)C(=O)O)c(C)c3c4c2cc(C)n4CCN3c2ncc(CN(C)C)c(C)n2)cc1. The molecule has 0 aliphatic carbocycles. The zero-order valence-electron chi connectivity index (χ0n) is 25.7. The Labute approximate surface area is 242 Å². The molecule has 1 aliphatic heterocycles. The van der Waals surface area contributed by atoms with Gasteiger partial charge in [0.2, 0.25) is 5.95 Å².